The van der Waals surface area contributed by atoms with Crippen LogP contribution in [0.1, 0.15) is 34.8 Å². The van der Waals surface area contributed by atoms with Crippen molar-refractivity contribution in [1.29, 1.82) is 0 Å². The van der Waals surface area contributed by atoms with Gasteiger partial charge in [0.2, 0.25) is 0 Å². The van der Waals surface area contributed by atoms with E-state index in [9.17, 15) is 4.79 Å². The van der Waals surface area contributed by atoms with E-state index in [2.05, 4.69) is 27.7 Å². The fourth-order valence-corrected chi connectivity index (χ4v) is 4.40. The number of anilines is 1. The molecule has 5 heterocycles. The lowest BCUT2D eigenvalue weighted by Crippen LogP contribution is -2.39. The van der Waals surface area contributed by atoms with Crippen LogP contribution in [-0.4, -0.2) is 33.9 Å². The summed E-state index contributed by atoms with van der Waals surface area (Å²) in [7, 11) is 2.08. The number of carboxylic acid groups (broad SMARTS) is 1. The number of benzene rings is 1. The highest BCUT2D eigenvalue weighted by Gasteiger charge is 2.36. The second-order valence-electron chi connectivity index (χ2n) is 6.64. The first-order chi connectivity index (χ1) is 11.6. The number of nitrogens with zero attached hydrogens (tertiary/aromatic N) is 3. The zero-order valence-corrected chi connectivity index (χ0v) is 13.3. The van der Waals surface area contributed by atoms with Crippen molar-refractivity contribution >= 4 is 22.7 Å². The third-order valence-corrected chi connectivity index (χ3v) is 5.42. The lowest BCUT2D eigenvalue weighted by molar-refractivity contribution is 0.0686. The van der Waals surface area contributed by atoms with Crippen LogP contribution in [0.2, 0.25) is 0 Å². The van der Waals surface area contributed by atoms with Gasteiger partial charge in [0.1, 0.15) is 5.82 Å². The van der Waals surface area contributed by atoms with E-state index in [0.29, 0.717) is 11.7 Å². The number of hydrogen-bond acceptors (Lipinski definition) is 4. The summed E-state index contributed by atoms with van der Waals surface area (Å²) in [4.78, 5) is 13.6. The Morgan fingerprint density at radius 3 is 2.83 bits per heavy atom. The molecule has 2 aromatic heterocycles. The SMILES string of the molecule is Cn1c2c(c3cccc(-c4cc(C(=O)O)no4)c31)C1CCN2CC1. The molecule has 24 heavy (non-hydrogen) atoms. The molecule has 1 N–H and O–H groups in total. The van der Waals surface area contributed by atoms with Gasteiger partial charge in [0, 0.05) is 42.7 Å². The standard InChI is InChI=1S/C18H17N3O3/c1-20-16-11(14-9-13(18(22)23)19-24-14)3-2-4-12(16)15-10-5-7-21(8-6-10)17(15)20/h2-4,9-10H,5-8H2,1H3,(H,22,23). The molecule has 1 aromatic carbocycles. The fraction of sp³-hybridized carbons (Fsp3) is 0.333. The van der Waals surface area contributed by atoms with Crippen LogP contribution in [0.25, 0.3) is 22.2 Å². The minimum atomic E-state index is -1.08. The van der Waals surface area contributed by atoms with Crippen molar-refractivity contribution in [3.05, 3.63) is 35.5 Å². The van der Waals surface area contributed by atoms with Crippen molar-refractivity contribution in [2.75, 3.05) is 18.0 Å². The number of aromatic carboxylic acids is 1. The molecule has 1 saturated heterocycles. The molecule has 3 aromatic rings. The minimum Gasteiger partial charge on any atom is -0.476 e. The van der Waals surface area contributed by atoms with Gasteiger partial charge in [-0.25, -0.2) is 4.79 Å². The number of piperidine rings is 1. The van der Waals surface area contributed by atoms with Crippen molar-refractivity contribution in [2.45, 2.75) is 18.8 Å². The summed E-state index contributed by atoms with van der Waals surface area (Å²) in [6.45, 7) is 2.23. The predicted octanol–water partition coefficient (Wildman–Crippen LogP) is 3.23. The maximum atomic E-state index is 11.1. The van der Waals surface area contributed by atoms with Crippen LogP contribution >= 0.6 is 0 Å². The fourth-order valence-electron chi connectivity index (χ4n) is 4.40. The topological polar surface area (TPSA) is 71.5 Å². The van der Waals surface area contributed by atoms with Crippen molar-refractivity contribution in [3.8, 4) is 11.3 Å². The molecule has 0 aliphatic carbocycles. The normalized spacial score (nSPS) is 16.8. The van der Waals surface area contributed by atoms with Crippen LogP contribution in [0, 0.1) is 0 Å². The lowest BCUT2D eigenvalue weighted by atomic mass is 9.84. The number of carboxylic acids is 1. The van der Waals surface area contributed by atoms with E-state index in [-0.39, 0.29) is 5.69 Å². The van der Waals surface area contributed by atoms with Crippen molar-refractivity contribution < 1.29 is 14.4 Å². The molecule has 3 aliphatic rings. The average molecular weight is 323 g/mol. The van der Waals surface area contributed by atoms with Gasteiger partial charge in [-0.1, -0.05) is 17.3 Å². The van der Waals surface area contributed by atoms with Crippen molar-refractivity contribution in [3.63, 3.8) is 0 Å². The van der Waals surface area contributed by atoms with Gasteiger partial charge in [0.15, 0.2) is 11.5 Å². The van der Waals surface area contributed by atoms with Crippen LogP contribution in [0.5, 0.6) is 0 Å². The first-order valence-electron chi connectivity index (χ1n) is 8.22. The van der Waals surface area contributed by atoms with Crippen LogP contribution in [0.15, 0.2) is 28.8 Å². The highest BCUT2D eigenvalue weighted by molar-refractivity contribution is 6.00. The number of fused-ring (bicyclic) bond motifs is 3. The summed E-state index contributed by atoms with van der Waals surface area (Å²) in [5, 5.41) is 14.0. The number of rotatable bonds is 2. The van der Waals surface area contributed by atoms with Crippen molar-refractivity contribution in [2.24, 2.45) is 7.05 Å². The van der Waals surface area contributed by atoms with E-state index >= 15 is 0 Å². The van der Waals surface area contributed by atoms with E-state index in [1.807, 2.05) is 12.1 Å². The number of aryl methyl sites for hydroxylation is 1. The Labute approximate surface area is 138 Å². The van der Waals surface area contributed by atoms with Crippen molar-refractivity contribution in [1.82, 2.24) is 9.72 Å². The molecule has 2 bridgehead atoms. The maximum absolute atomic E-state index is 11.1. The Hall–Kier alpha value is -2.76. The Morgan fingerprint density at radius 1 is 1.33 bits per heavy atom. The third kappa shape index (κ3) is 1.65. The number of carbonyl (C=O) groups is 1. The van der Waals surface area contributed by atoms with Gasteiger partial charge >= 0.3 is 5.97 Å². The van der Waals surface area contributed by atoms with Crippen LogP contribution < -0.4 is 4.90 Å². The summed E-state index contributed by atoms with van der Waals surface area (Å²) in [6.07, 6.45) is 2.42. The summed E-state index contributed by atoms with van der Waals surface area (Å²) < 4.78 is 7.55. The molecule has 0 radical (unpaired) electrons. The van der Waals surface area contributed by atoms with E-state index in [1.165, 1.54) is 35.7 Å². The summed E-state index contributed by atoms with van der Waals surface area (Å²) in [6, 6.07) is 7.64. The Kier molecular flexibility index (Phi) is 2.63. The molecule has 0 saturated carbocycles. The zero-order valence-electron chi connectivity index (χ0n) is 13.3. The molecular formula is C18H17N3O3. The highest BCUT2D eigenvalue weighted by atomic mass is 16.5. The van der Waals surface area contributed by atoms with E-state index in [0.717, 1.165) is 24.2 Å². The monoisotopic (exact) mass is 323 g/mol. The quantitative estimate of drug-likeness (QED) is 0.784. The molecule has 1 fully saturated rings. The van der Waals surface area contributed by atoms with Crippen LogP contribution in [0.3, 0.4) is 0 Å². The van der Waals surface area contributed by atoms with Crippen LogP contribution in [0.4, 0.5) is 5.82 Å². The smallest absolute Gasteiger partial charge is 0.358 e. The second-order valence-corrected chi connectivity index (χ2v) is 6.64. The number of para-hydroxylation sites is 1. The van der Waals surface area contributed by atoms with Gasteiger partial charge in [-0.2, -0.15) is 0 Å². The Balaban J connectivity index is 1.79. The average Bonchev–Trinajstić information content (AvgIpc) is 3.21. The van der Waals surface area contributed by atoms with Gasteiger partial charge in [-0.3, -0.25) is 0 Å². The molecule has 0 amide bonds. The molecule has 3 aliphatic heterocycles. The molecule has 6 rings (SSSR count). The van der Waals surface area contributed by atoms with Gasteiger partial charge < -0.3 is 19.1 Å². The van der Waals surface area contributed by atoms with Gasteiger partial charge in [0.25, 0.3) is 0 Å². The number of hydrogen-bond donors (Lipinski definition) is 1. The molecule has 0 unspecified atom stereocenters. The maximum Gasteiger partial charge on any atom is 0.358 e. The minimum absolute atomic E-state index is 0.0650. The number of aromatic nitrogens is 2. The van der Waals surface area contributed by atoms with E-state index in [4.69, 9.17) is 9.63 Å². The second kappa shape index (κ2) is 4.63. The predicted molar refractivity (Wildman–Crippen MR) is 89.6 cm³/mol. The van der Waals surface area contributed by atoms with Crippen LogP contribution in [-0.2, 0) is 7.05 Å². The summed E-state index contributed by atoms with van der Waals surface area (Å²) in [5.41, 5.74) is 3.36. The Morgan fingerprint density at radius 2 is 2.12 bits per heavy atom. The molecule has 6 nitrogen and oxygen atoms in total. The lowest BCUT2D eigenvalue weighted by Gasteiger charge is -2.41. The van der Waals surface area contributed by atoms with E-state index < -0.39 is 5.97 Å². The molecule has 0 spiro atoms. The molecular weight excluding hydrogens is 306 g/mol. The van der Waals surface area contributed by atoms with Gasteiger partial charge in [0.05, 0.1) is 5.52 Å². The van der Waals surface area contributed by atoms with E-state index in [1.54, 1.807) is 0 Å². The summed E-state index contributed by atoms with van der Waals surface area (Å²) in [5.74, 6) is 1.34. The zero-order chi connectivity index (χ0) is 16.4. The molecule has 122 valence electrons. The first-order valence-corrected chi connectivity index (χ1v) is 8.22. The summed E-state index contributed by atoms with van der Waals surface area (Å²) >= 11 is 0. The first kappa shape index (κ1) is 13.7. The largest absolute Gasteiger partial charge is 0.476 e. The third-order valence-electron chi connectivity index (χ3n) is 5.42. The highest BCUT2D eigenvalue weighted by Crippen LogP contribution is 2.48. The van der Waals surface area contributed by atoms with Gasteiger partial charge in [-0.05, 0) is 24.8 Å². The molecule has 0 atom stereocenters. The Bertz CT molecular complexity index is 977. The molecule has 6 heteroatoms. The van der Waals surface area contributed by atoms with Gasteiger partial charge in [-0.15, -0.1) is 0 Å².